The first-order valence-electron chi connectivity index (χ1n) is 7.38. The van der Waals surface area contributed by atoms with E-state index in [9.17, 15) is 23.3 Å². The Kier molecular flexibility index (Phi) is 3.81. The van der Waals surface area contributed by atoms with Gasteiger partial charge in [0.2, 0.25) is 5.88 Å². The van der Waals surface area contributed by atoms with Gasteiger partial charge in [0, 0.05) is 25.1 Å². The molecule has 1 fully saturated rings. The predicted octanol–water partition coefficient (Wildman–Crippen LogP) is 2.95. The highest BCUT2D eigenvalue weighted by Crippen LogP contribution is 2.43. The van der Waals surface area contributed by atoms with Gasteiger partial charge in [0.15, 0.2) is 0 Å². The van der Waals surface area contributed by atoms with Crippen LogP contribution in [0.25, 0.3) is 0 Å². The number of fused-ring (bicyclic) bond motifs is 1. The van der Waals surface area contributed by atoms with Crippen molar-refractivity contribution in [3.63, 3.8) is 0 Å². The van der Waals surface area contributed by atoms with Gasteiger partial charge in [-0.3, -0.25) is 10.1 Å². The van der Waals surface area contributed by atoms with Gasteiger partial charge in [0.05, 0.1) is 17.4 Å². The van der Waals surface area contributed by atoms with Gasteiger partial charge >= 0.3 is 11.9 Å². The molecular formula is C14H16F3N3O3. The van der Waals surface area contributed by atoms with E-state index < -0.39 is 17.0 Å². The van der Waals surface area contributed by atoms with Crippen molar-refractivity contribution in [2.45, 2.75) is 25.9 Å². The van der Waals surface area contributed by atoms with Crippen molar-refractivity contribution in [1.82, 2.24) is 4.98 Å². The van der Waals surface area contributed by atoms with Crippen molar-refractivity contribution in [2.75, 3.05) is 24.6 Å². The number of hydrogen-bond donors (Lipinski definition) is 0. The number of hydrogen-bond acceptors (Lipinski definition) is 5. The van der Waals surface area contributed by atoms with Crippen LogP contribution in [-0.4, -0.2) is 35.8 Å². The largest absolute Gasteiger partial charge is 0.477 e. The predicted molar refractivity (Wildman–Crippen MR) is 75.6 cm³/mol. The molecule has 3 rings (SSSR count). The lowest BCUT2D eigenvalue weighted by Gasteiger charge is -2.38. The molecule has 0 saturated carbocycles. The molecule has 0 aromatic carbocycles. The minimum Gasteiger partial charge on any atom is -0.477 e. The zero-order valence-corrected chi connectivity index (χ0v) is 12.5. The third kappa shape index (κ3) is 2.91. The van der Waals surface area contributed by atoms with Gasteiger partial charge in [-0.2, -0.15) is 13.2 Å². The zero-order valence-electron chi connectivity index (χ0n) is 12.5. The SMILES string of the molecule is C[C@H]1C[C@@H](C(F)(F)F)CN(c2c([N+](=O)[O-])cnc3c2CCO3)C1. The molecule has 2 atom stereocenters. The van der Waals surface area contributed by atoms with Crippen molar-refractivity contribution < 1.29 is 22.8 Å². The lowest BCUT2D eigenvalue weighted by Crippen LogP contribution is -2.45. The number of rotatable bonds is 2. The average molecular weight is 331 g/mol. The number of piperidine rings is 1. The monoisotopic (exact) mass is 331 g/mol. The Bertz CT molecular complexity index is 636. The standard InChI is InChI=1S/C14H16F3N3O3/c1-8-4-9(14(15,16)17)7-19(6-8)12-10-2-3-23-13(10)18-5-11(12)20(21)22/h5,8-9H,2-4,6-7H2,1H3/t8-,9+/m0/s1. The van der Waals surface area contributed by atoms with E-state index in [-0.39, 0.29) is 36.1 Å². The van der Waals surface area contributed by atoms with Crippen LogP contribution in [0.15, 0.2) is 6.20 Å². The van der Waals surface area contributed by atoms with Crippen molar-refractivity contribution in [2.24, 2.45) is 11.8 Å². The summed E-state index contributed by atoms with van der Waals surface area (Å²) in [5.74, 6) is -1.41. The van der Waals surface area contributed by atoms with Crippen LogP contribution < -0.4 is 9.64 Å². The molecule has 2 aliphatic heterocycles. The summed E-state index contributed by atoms with van der Waals surface area (Å²) in [5, 5.41) is 11.3. The summed E-state index contributed by atoms with van der Waals surface area (Å²) < 4.78 is 44.7. The molecule has 23 heavy (non-hydrogen) atoms. The number of nitrogens with zero attached hydrogens (tertiary/aromatic N) is 3. The van der Waals surface area contributed by atoms with Gasteiger partial charge in [-0.05, 0) is 12.3 Å². The Labute approximate surface area is 130 Å². The first-order chi connectivity index (χ1) is 10.8. The highest BCUT2D eigenvalue weighted by molar-refractivity contribution is 5.70. The van der Waals surface area contributed by atoms with Crippen LogP contribution in [0.1, 0.15) is 18.9 Å². The Morgan fingerprint density at radius 2 is 2.17 bits per heavy atom. The second-order valence-electron chi connectivity index (χ2n) is 6.12. The van der Waals surface area contributed by atoms with Gasteiger partial charge < -0.3 is 9.64 Å². The molecule has 2 aliphatic rings. The van der Waals surface area contributed by atoms with Crippen molar-refractivity contribution >= 4 is 11.4 Å². The van der Waals surface area contributed by atoms with E-state index in [1.54, 1.807) is 6.92 Å². The normalized spacial score (nSPS) is 24.3. The van der Waals surface area contributed by atoms with Crippen LogP contribution in [0.5, 0.6) is 5.88 Å². The van der Waals surface area contributed by atoms with Crippen LogP contribution in [0, 0.1) is 22.0 Å². The van der Waals surface area contributed by atoms with Crippen LogP contribution in [0.4, 0.5) is 24.5 Å². The van der Waals surface area contributed by atoms with Gasteiger partial charge in [-0.15, -0.1) is 0 Å². The highest BCUT2D eigenvalue weighted by atomic mass is 19.4. The molecule has 1 aromatic heterocycles. The summed E-state index contributed by atoms with van der Waals surface area (Å²) >= 11 is 0. The molecule has 126 valence electrons. The van der Waals surface area contributed by atoms with E-state index in [0.29, 0.717) is 25.1 Å². The minimum atomic E-state index is -4.31. The van der Waals surface area contributed by atoms with E-state index in [1.807, 2.05) is 0 Å². The first-order valence-corrected chi connectivity index (χ1v) is 7.38. The fourth-order valence-corrected chi connectivity index (χ4v) is 3.37. The Morgan fingerprint density at radius 1 is 1.43 bits per heavy atom. The van der Waals surface area contributed by atoms with E-state index in [2.05, 4.69) is 4.98 Å². The molecule has 9 heteroatoms. The fourth-order valence-electron chi connectivity index (χ4n) is 3.37. The van der Waals surface area contributed by atoms with E-state index in [4.69, 9.17) is 4.74 Å². The molecule has 0 radical (unpaired) electrons. The van der Waals surface area contributed by atoms with Crippen LogP contribution in [0.3, 0.4) is 0 Å². The van der Waals surface area contributed by atoms with Gasteiger partial charge in [-0.1, -0.05) is 6.92 Å². The second-order valence-corrected chi connectivity index (χ2v) is 6.12. The summed E-state index contributed by atoms with van der Waals surface area (Å²) in [7, 11) is 0. The number of anilines is 1. The summed E-state index contributed by atoms with van der Waals surface area (Å²) in [6.45, 7) is 2.15. The number of ether oxygens (including phenoxy) is 1. The number of nitro groups is 1. The maximum Gasteiger partial charge on any atom is 0.393 e. The Balaban J connectivity index is 2.03. The maximum atomic E-state index is 13.1. The average Bonchev–Trinajstić information content (AvgIpc) is 2.92. The molecule has 6 nitrogen and oxygen atoms in total. The quantitative estimate of drug-likeness (QED) is 0.616. The fraction of sp³-hybridized carbons (Fsp3) is 0.643. The molecule has 0 bridgehead atoms. The molecule has 0 amide bonds. The molecule has 0 aliphatic carbocycles. The minimum absolute atomic E-state index is 0.0393. The Hall–Kier alpha value is -2.06. The summed E-state index contributed by atoms with van der Waals surface area (Å²) in [5.41, 5.74) is 0.511. The molecule has 1 saturated heterocycles. The smallest absolute Gasteiger partial charge is 0.393 e. The van der Waals surface area contributed by atoms with Crippen LogP contribution in [-0.2, 0) is 6.42 Å². The second kappa shape index (κ2) is 5.54. The van der Waals surface area contributed by atoms with Gasteiger partial charge in [-0.25, -0.2) is 4.98 Å². The molecule has 1 aromatic rings. The van der Waals surface area contributed by atoms with Crippen LogP contribution >= 0.6 is 0 Å². The number of alkyl halides is 3. The zero-order chi connectivity index (χ0) is 16.8. The number of aromatic nitrogens is 1. The molecule has 3 heterocycles. The first kappa shape index (κ1) is 15.8. The summed E-state index contributed by atoms with van der Waals surface area (Å²) in [6.07, 6.45) is -2.78. The van der Waals surface area contributed by atoms with Gasteiger partial charge in [0.1, 0.15) is 11.9 Å². The van der Waals surface area contributed by atoms with Crippen molar-refractivity contribution in [1.29, 1.82) is 0 Å². The summed E-state index contributed by atoms with van der Waals surface area (Å²) in [6, 6.07) is 0. The Morgan fingerprint density at radius 3 is 2.83 bits per heavy atom. The van der Waals surface area contributed by atoms with Crippen molar-refractivity contribution in [3.05, 3.63) is 21.9 Å². The topological polar surface area (TPSA) is 68.5 Å². The third-order valence-electron chi connectivity index (χ3n) is 4.32. The molecule has 0 N–H and O–H groups in total. The third-order valence-corrected chi connectivity index (χ3v) is 4.32. The highest BCUT2D eigenvalue weighted by Gasteiger charge is 2.45. The van der Waals surface area contributed by atoms with E-state index in [1.165, 1.54) is 4.90 Å². The van der Waals surface area contributed by atoms with Crippen LogP contribution in [0.2, 0.25) is 0 Å². The molecule has 0 unspecified atom stereocenters. The van der Waals surface area contributed by atoms with Crippen molar-refractivity contribution in [3.8, 4) is 5.88 Å². The lowest BCUT2D eigenvalue weighted by atomic mass is 9.89. The number of pyridine rings is 1. The number of halogens is 3. The van der Waals surface area contributed by atoms with Gasteiger partial charge in [0.25, 0.3) is 0 Å². The maximum absolute atomic E-state index is 13.1. The lowest BCUT2D eigenvalue weighted by molar-refractivity contribution is -0.384. The molecule has 0 spiro atoms. The van der Waals surface area contributed by atoms with E-state index in [0.717, 1.165) is 6.20 Å². The summed E-state index contributed by atoms with van der Waals surface area (Å²) in [4.78, 5) is 16.1. The van der Waals surface area contributed by atoms with E-state index >= 15 is 0 Å². The molecular weight excluding hydrogens is 315 g/mol.